The highest BCUT2D eigenvalue weighted by Crippen LogP contribution is 2.36. The number of aryl methyl sites for hydroxylation is 1. The van der Waals surface area contributed by atoms with Gasteiger partial charge in [-0.2, -0.15) is 0 Å². The fourth-order valence-electron chi connectivity index (χ4n) is 3.45. The van der Waals surface area contributed by atoms with Gasteiger partial charge in [-0.25, -0.2) is 9.79 Å². The van der Waals surface area contributed by atoms with Crippen molar-refractivity contribution in [3.63, 3.8) is 0 Å². The molecule has 0 aliphatic carbocycles. The number of hydrogen-bond acceptors (Lipinski definition) is 6. The molecular weight excluding hydrogens is 464 g/mol. The third-order valence-corrected chi connectivity index (χ3v) is 6.46. The zero-order valence-corrected chi connectivity index (χ0v) is 20.3. The van der Waals surface area contributed by atoms with Crippen LogP contribution in [-0.2, 0) is 11.4 Å². The number of nitrogens with zero attached hydrogens (tertiary/aromatic N) is 1. The van der Waals surface area contributed by atoms with E-state index in [1.165, 1.54) is 23.9 Å². The lowest BCUT2D eigenvalue weighted by Crippen LogP contribution is -2.19. The van der Waals surface area contributed by atoms with Gasteiger partial charge in [0.25, 0.3) is 5.91 Å². The molecule has 1 aliphatic rings. The van der Waals surface area contributed by atoms with Crippen LogP contribution in [-0.4, -0.2) is 29.3 Å². The zero-order valence-electron chi connectivity index (χ0n) is 19.5. The number of carboxylic acids is 1. The smallest absolute Gasteiger partial charge is 0.335 e. The zero-order chi connectivity index (χ0) is 24.9. The fourth-order valence-corrected chi connectivity index (χ4v) is 4.27. The molecule has 35 heavy (non-hydrogen) atoms. The van der Waals surface area contributed by atoms with Crippen LogP contribution >= 0.6 is 11.8 Å². The maximum atomic E-state index is 12.7. The Bertz CT molecular complexity index is 1350. The molecule has 1 saturated heterocycles. The van der Waals surface area contributed by atoms with Crippen LogP contribution in [0.15, 0.2) is 70.6 Å². The number of para-hydroxylation sites is 1. The first-order valence-electron chi connectivity index (χ1n) is 10.8. The van der Waals surface area contributed by atoms with Crippen molar-refractivity contribution in [2.45, 2.75) is 20.5 Å². The van der Waals surface area contributed by atoms with Gasteiger partial charge in [0, 0.05) is 5.56 Å². The summed E-state index contributed by atoms with van der Waals surface area (Å²) < 4.78 is 11.5. The maximum absolute atomic E-state index is 12.7. The number of carboxylic acid groups (broad SMARTS) is 1. The molecule has 0 bridgehead atoms. The molecular formula is C27H24N2O5S. The molecule has 0 unspecified atom stereocenters. The van der Waals surface area contributed by atoms with Gasteiger partial charge >= 0.3 is 5.97 Å². The van der Waals surface area contributed by atoms with Gasteiger partial charge in [-0.05, 0) is 72.6 Å². The lowest BCUT2D eigenvalue weighted by atomic mass is 10.1. The first kappa shape index (κ1) is 24.1. The second-order valence-electron chi connectivity index (χ2n) is 7.87. The van der Waals surface area contributed by atoms with Gasteiger partial charge in [0.05, 0.1) is 23.3 Å². The van der Waals surface area contributed by atoms with Gasteiger partial charge in [0.1, 0.15) is 6.61 Å². The summed E-state index contributed by atoms with van der Waals surface area (Å²) in [5, 5.41) is 12.4. The molecule has 0 saturated carbocycles. The summed E-state index contributed by atoms with van der Waals surface area (Å²) in [4.78, 5) is 28.8. The van der Waals surface area contributed by atoms with Crippen LogP contribution in [0.1, 0.15) is 32.6 Å². The van der Waals surface area contributed by atoms with Gasteiger partial charge in [0.15, 0.2) is 16.7 Å². The number of methoxy groups -OCH3 is 1. The lowest BCUT2D eigenvalue weighted by Gasteiger charge is -2.14. The highest BCUT2D eigenvalue weighted by molar-refractivity contribution is 8.18. The predicted molar refractivity (Wildman–Crippen MR) is 137 cm³/mol. The van der Waals surface area contributed by atoms with Crippen LogP contribution in [0.5, 0.6) is 11.5 Å². The Hall–Kier alpha value is -4.04. The number of carbonyl (C=O) groups is 2. The molecule has 3 aromatic carbocycles. The molecule has 8 heteroatoms. The molecule has 1 fully saturated rings. The molecule has 7 nitrogen and oxygen atoms in total. The Morgan fingerprint density at radius 1 is 1.09 bits per heavy atom. The van der Waals surface area contributed by atoms with Crippen molar-refractivity contribution in [3.05, 3.63) is 93.4 Å². The molecule has 1 amide bonds. The van der Waals surface area contributed by atoms with Crippen molar-refractivity contribution < 1.29 is 24.2 Å². The first-order valence-corrected chi connectivity index (χ1v) is 11.6. The normalized spacial score (nSPS) is 15.3. The third kappa shape index (κ3) is 5.55. The maximum Gasteiger partial charge on any atom is 0.335 e. The molecule has 178 valence electrons. The van der Waals surface area contributed by atoms with E-state index in [4.69, 9.17) is 14.6 Å². The van der Waals surface area contributed by atoms with Gasteiger partial charge < -0.3 is 19.9 Å². The third-order valence-electron chi connectivity index (χ3n) is 5.55. The van der Waals surface area contributed by atoms with Crippen LogP contribution in [0, 0.1) is 13.8 Å². The van der Waals surface area contributed by atoms with E-state index in [2.05, 4.69) is 10.3 Å². The number of nitrogens with one attached hydrogen (secondary N) is 1. The number of rotatable bonds is 7. The Kier molecular flexibility index (Phi) is 7.22. The van der Waals surface area contributed by atoms with E-state index in [1.807, 2.05) is 44.2 Å². The molecule has 0 radical (unpaired) electrons. The largest absolute Gasteiger partial charge is 0.493 e. The summed E-state index contributed by atoms with van der Waals surface area (Å²) in [6.07, 6.45) is 1.75. The summed E-state index contributed by atoms with van der Waals surface area (Å²) in [5.41, 5.74) is 4.69. The van der Waals surface area contributed by atoms with Crippen molar-refractivity contribution in [2.24, 2.45) is 4.99 Å². The second kappa shape index (κ2) is 10.5. The van der Waals surface area contributed by atoms with Gasteiger partial charge in [0.2, 0.25) is 0 Å². The summed E-state index contributed by atoms with van der Waals surface area (Å²) in [6, 6.07) is 17.8. The van der Waals surface area contributed by atoms with Gasteiger partial charge in [-0.1, -0.05) is 36.4 Å². The minimum atomic E-state index is -0.982. The van der Waals surface area contributed by atoms with Gasteiger partial charge in [-0.3, -0.25) is 4.79 Å². The molecule has 1 aliphatic heterocycles. The van der Waals surface area contributed by atoms with E-state index in [0.717, 1.165) is 22.4 Å². The summed E-state index contributed by atoms with van der Waals surface area (Å²) in [6.45, 7) is 4.23. The van der Waals surface area contributed by atoms with Crippen LogP contribution in [0.4, 0.5) is 5.69 Å². The highest BCUT2D eigenvalue weighted by Gasteiger charge is 2.25. The number of aliphatic imine (C=N–C) groups is 1. The number of ether oxygens (including phenoxy) is 2. The number of aromatic carboxylic acids is 1. The summed E-state index contributed by atoms with van der Waals surface area (Å²) in [7, 11) is 1.55. The van der Waals surface area contributed by atoms with E-state index in [-0.39, 0.29) is 18.1 Å². The summed E-state index contributed by atoms with van der Waals surface area (Å²) in [5.74, 6) is -0.215. The predicted octanol–water partition coefficient (Wildman–Crippen LogP) is 5.48. The van der Waals surface area contributed by atoms with Crippen molar-refractivity contribution >= 4 is 40.6 Å². The Morgan fingerprint density at radius 2 is 1.83 bits per heavy atom. The minimum absolute atomic E-state index is 0.204. The SMILES string of the molecule is COc1cccc(/C=C2\SC(=Nc3cccc(C)c3C)NC2=O)c1OCc1ccc(C(=O)O)cc1. The quantitative estimate of drug-likeness (QED) is 0.428. The number of amidine groups is 1. The van der Waals surface area contributed by atoms with E-state index >= 15 is 0 Å². The van der Waals surface area contributed by atoms with E-state index in [1.54, 1.807) is 31.4 Å². The summed E-state index contributed by atoms with van der Waals surface area (Å²) >= 11 is 1.26. The van der Waals surface area contributed by atoms with Gasteiger partial charge in [-0.15, -0.1) is 0 Å². The van der Waals surface area contributed by atoms with Crippen LogP contribution in [0.2, 0.25) is 0 Å². The van der Waals surface area contributed by atoms with Crippen molar-refractivity contribution in [3.8, 4) is 11.5 Å². The minimum Gasteiger partial charge on any atom is -0.493 e. The highest BCUT2D eigenvalue weighted by atomic mass is 32.2. The molecule has 0 atom stereocenters. The molecule has 2 N–H and O–H groups in total. The topological polar surface area (TPSA) is 97.2 Å². The number of hydrogen-bond donors (Lipinski definition) is 2. The van der Waals surface area contributed by atoms with Crippen LogP contribution in [0.3, 0.4) is 0 Å². The Balaban J connectivity index is 1.58. The van der Waals surface area contributed by atoms with E-state index in [9.17, 15) is 9.59 Å². The van der Waals surface area contributed by atoms with E-state index in [0.29, 0.717) is 27.1 Å². The van der Waals surface area contributed by atoms with Crippen molar-refractivity contribution in [1.82, 2.24) is 5.32 Å². The average molecular weight is 489 g/mol. The monoisotopic (exact) mass is 488 g/mol. The molecule has 3 aromatic rings. The first-order chi connectivity index (χ1) is 16.9. The van der Waals surface area contributed by atoms with E-state index < -0.39 is 5.97 Å². The van der Waals surface area contributed by atoms with Crippen LogP contribution in [0.25, 0.3) is 6.08 Å². The van der Waals surface area contributed by atoms with Crippen molar-refractivity contribution in [2.75, 3.05) is 7.11 Å². The number of benzene rings is 3. The number of carbonyl (C=O) groups excluding carboxylic acids is 1. The van der Waals surface area contributed by atoms with Crippen molar-refractivity contribution in [1.29, 1.82) is 0 Å². The molecule has 4 rings (SSSR count). The lowest BCUT2D eigenvalue weighted by molar-refractivity contribution is -0.115. The average Bonchev–Trinajstić information content (AvgIpc) is 3.19. The second-order valence-corrected chi connectivity index (χ2v) is 8.90. The molecule has 0 aromatic heterocycles. The standard InChI is InChI=1S/C27H24N2O5S/c1-16-6-4-8-21(17(16)2)28-27-29-25(30)23(35-27)14-20-7-5-9-22(33-3)24(20)34-15-18-10-12-19(13-11-18)26(31)32/h4-14H,15H2,1-3H3,(H,31,32)(H,28,29,30)/b23-14-. The molecule has 1 heterocycles. The fraction of sp³-hybridized carbons (Fsp3) is 0.148. The number of thioether (sulfide) groups is 1. The number of amides is 1. The van der Waals surface area contributed by atoms with Crippen LogP contribution < -0.4 is 14.8 Å². The molecule has 0 spiro atoms. The Morgan fingerprint density at radius 3 is 2.54 bits per heavy atom. The Labute approximate surface area is 207 Å².